The maximum atomic E-state index is 14.8. The summed E-state index contributed by atoms with van der Waals surface area (Å²) in [6.07, 6.45) is 13.2. The summed E-state index contributed by atoms with van der Waals surface area (Å²) < 4.78 is 26.5. The molecule has 0 aromatic heterocycles. The molecule has 0 bridgehead atoms. The first-order valence-electron chi connectivity index (χ1n) is 22.3. The summed E-state index contributed by atoms with van der Waals surface area (Å²) in [4.78, 5) is 31.3. The van der Waals surface area contributed by atoms with Gasteiger partial charge in [0.15, 0.2) is 0 Å². The van der Waals surface area contributed by atoms with Crippen molar-refractivity contribution in [2.75, 3.05) is 0 Å². The monoisotopic (exact) mass is 783 g/mol. The molecule has 2 saturated heterocycles. The quantitative estimate of drug-likeness (QED) is 0.0346. The van der Waals surface area contributed by atoms with Gasteiger partial charge >= 0.3 is 14.2 Å². The number of imide groups is 1. The van der Waals surface area contributed by atoms with Crippen molar-refractivity contribution in [3.63, 3.8) is 0 Å². The Labute approximate surface area is 346 Å². The molecule has 5 aromatic carbocycles. The molecular weight excluding hydrogens is 720 g/mol. The minimum Gasteiger partial charge on any atom is -0.399 e. The maximum absolute atomic E-state index is 14.8. The Bertz CT molecular complexity index is 2200. The zero-order valence-electron chi connectivity index (χ0n) is 36.7. The third-order valence-corrected chi connectivity index (χ3v) is 14.4. The molecule has 0 atom stereocenters. The average molecular weight is 784 g/mol. The number of hydrogen-bond donors (Lipinski definition) is 0. The molecule has 2 fully saturated rings. The van der Waals surface area contributed by atoms with Crippen LogP contribution in [0.15, 0.2) is 48.5 Å². The van der Waals surface area contributed by atoms with Gasteiger partial charge in [0, 0.05) is 22.6 Å². The molecule has 0 N–H and O–H groups in total. The Kier molecular flexibility index (Phi) is 10.8. The van der Waals surface area contributed by atoms with Crippen LogP contribution in [0.4, 0.5) is 0 Å². The molecule has 8 rings (SSSR count). The Morgan fingerprint density at radius 3 is 1.29 bits per heavy atom. The lowest BCUT2D eigenvalue weighted by Crippen LogP contribution is -2.47. The smallest absolute Gasteiger partial charge is 0.399 e. The zero-order chi connectivity index (χ0) is 41.4. The highest BCUT2D eigenvalue weighted by atomic mass is 16.7. The van der Waals surface area contributed by atoms with Gasteiger partial charge in [-0.1, -0.05) is 114 Å². The average Bonchev–Trinajstić information content (AvgIpc) is 3.54. The van der Waals surface area contributed by atoms with Gasteiger partial charge in [0.2, 0.25) is 0 Å². The minimum atomic E-state index is -0.575. The van der Waals surface area contributed by atoms with Gasteiger partial charge < -0.3 is 18.6 Å². The fourth-order valence-electron chi connectivity index (χ4n) is 9.57. The molecule has 0 saturated carbocycles. The summed E-state index contributed by atoms with van der Waals surface area (Å²) in [6.45, 7) is 21.1. The summed E-state index contributed by atoms with van der Waals surface area (Å²) >= 11 is 0. The second kappa shape index (κ2) is 15.2. The first-order valence-corrected chi connectivity index (χ1v) is 22.3. The van der Waals surface area contributed by atoms with Gasteiger partial charge in [-0.25, -0.2) is 0 Å². The van der Waals surface area contributed by atoms with E-state index in [4.69, 9.17) is 18.6 Å². The minimum absolute atomic E-state index is 0.113. The SMILES string of the molecule is CCCCCCCC(CCCCCCC)N1C(=O)c2ccc3c4cc(B5OC(C)(C)C(C)(C)O5)cc5cc(B6OC(C)(C)C(C)(C)O6)cc(c6ccc(c2c36)C1=O)c54. The van der Waals surface area contributed by atoms with Crippen LogP contribution < -0.4 is 10.9 Å². The second-order valence-electron chi connectivity index (χ2n) is 19.5. The number of carbonyl (C=O) groups is 2. The summed E-state index contributed by atoms with van der Waals surface area (Å²) in [5, 5.41) is 7.92. The standard InChI is InChI=1S/C49H63B2NO6/c1-11-13-15-17-19-21-34(22-20-18-16-14-12-2)52-44(53)37-25-23-35-39-29-32(50-55-46(3,4)47(5,6)56-50)27-31-28-33(51-57-48(7,8)49(9,10)58-51)30-40(41(31)39)36-24-26-38(45(52)54)43(37)42(35)36/h23-30,34H,11-22H2,1-10H3. The van der Waals surface area contributed by atoms with Gasteiger partial charge in [0.25, 0.3) is 11.8 Å². The molecule has 306 valence electrons. The van der Waals surface area contributed by atoms with Crippen LogP contribution in [-0.2, 0) is 18.6 Å². The van der Waals surface area contributed by atoms with Crippen molar-refractivity contribution in [3.05, 3.63) is 59.7 Å². The molecular formula is C49H63B2NO6. The van der Waals surface area contributed by atoms with E-state index in [1.54, 1.807) is 4.90 Å². The predicted octanol–water partition coefficient (Wildman–Crippen LogP) is 11.0. The molecule has 3 aliphatic heterocycles. The molecule has 0 spiro atoms. The van der Waals surface area contributed by atoms with Crippen molar-refractivity contribution in [2.24, 2.45) is 0 Å². The molecule has 0 radical (unpaired) electrons. The van der Waals surface area contributed by atoms with E-state index in [0.29, 0.717) is 11.1 Å². The van der Waals surface area contributed by atoms with E-state index in [-0.39, 0.29) is 17.9 Å². The van der Waals surface area contributed by atoms with Crippen molar-refractivity contribution >= 4 is 80.1 Å². The van der Waals surface area contributed by atoms with Crippen molar-refractivity contribution < 1.29 is 28.2 Å². The van der Waals surface area contributed by atoms with Crippen LogP contribution >= 0.6 is 0 Å². The molecule has 9 heteroatoms. The number of nitrogens with zero attached hydrogens (tertiary/aromatic N) is 1. The van der Waals surface area contributed by atoms with Crippen LogP contribution in [-0.4, -0.2) is 59.4 Å². The van der Waals surface area contributed by atoms with Crippen molar-refractivity contribution in [1.29, 1.82) is 0 Å². The third kappa shape index (κ3) is 6.86. The van der Waals surface area contributed by atoms with Crippen LogP contribution in [0.5, 0.6) is 0 Å². The fourth-order valence-corrected chi connectivity index (χ4v) is 9.57. The Morgan fingerprint density at radius 1 is 0.500 bits per heavy atom. The summed E-state index contributed by atoms with van der Waals surface area (Å²) in [7, 11) is -1.15. The first kappa shape index (κ1) is 41.3. The summed E-state index contributed by atoms with van der Waals surface area (Å²) in [5.74, 6) is -0.331. The van der Waals surface area contributed by atoms with E-state index >= 15 is 0 Å². The van der Waals surface area contributed by atoms with Crippen LogP contribution in [0.3, 0.4) is 0 Å². The Morgan fingerprint density at radius 2 is 0.897 bits per heavy atom. The topological polar surface area (TPSA) is 74.3 Å². The number of fused-ring (bicyclic) bond motifs is 2. The van der Waals surface area contributed by atoms with Crippen molar-refractivity contribution in [1.82, 2.24) is 4.90 Å². The van der Waals surface area contributed by atoms with E-state index < -0.39 is 36.6 Å². The van der Waals surface area contributed by atoms with E-state index in [0.717, 1.165) is 92.5 Å². The number of hydrogen-bond acceptors (Lipinski definition) is 6. The van der Waals surface area contributed by atoms with Crippen LogP contribution in [0.2, 0.25) is 0 Å². The molecule has 3 heterocycles. The molecule has 3 aliphatic rings. The van der Waals surface area contributed by atoms with Crippen molar-refractivity contribution in [3.8, 4) is 0 Å². The van der Waals surface area contributed by atoms with Gasteiger partial charge in [0.1, 0.15) is 0 Å². The molecule has 2 amide bonds. The third-order valence-electron chi connectivity index (χ3n) is 14.4. The lowest BCUT2D eigenvalue weighted by atomic mass is 9.72. The zero-order valence-corrected chi connectivity index (χ0v) is 36.7. The number of unbranched alkanes of at least 4 members (excludes halogenated alkanes) is 8. The van der Waals surface area contributed by atoms with Gasteiger partial charge in [-0.2, -0.15) is 0 Å². The first-order chi connectivity index (χ1) is 27.5. The molecule has 0 aliphatic carbocycles. The van der Waals surface area contributed by atoms with Crippen LogP contribution in [0.1, 0.15) is 167 Å². The number of benzene rings is 5. The molecule has 5 aromatic rings. The highest BCUT2D eigenvalue weighted by Gasteiger charge is 2.53. The Balaban J connectivity index is 1.29. The number of amides is 2. The van der Waals surface area contributed by atoms with Gasteiger partial charge in [-0.05, 0) is 129 Å². The van der Waals surface area contributed by atoms with Gasteiger partial charge in [-0.15, -0.1) is 0 Å². The lowest BCUT2D eigenvalue weighted by Gasteiger charge is -2.35. The fraction of sp³-hybridized carbons (Fsp3) is 0.551. The van der Waals surface area contributed by atoms with E-state index in [1.807, 2.05) is 12.1 Å². The van der Waals surface area contributed by atoms with Gasteiger partial charge in [0.05, 0.1) is 22.4 Å². The highest BCUT2D eigenvalue weighted by molar-refractivity contribution is 6.64. The number of rotatable bonds is 15. The lowest BCUT2D eigenvalue weighted by molar-refractivity contribution is 0.00578. The van der Waals surface area contributed by atoms with Crippen molar-refractivity contribution in [2.45, 2.75) is 175 Å². The molecule has 58 heavy (non-hydrogen) atoms. The van der Waals surface area contributed by atoms with E-state index in [9.17, 15) is 9.59 Å². The normalized spacial score (nSPS) is 19.7. The van der Waals surface area contributed by atoms with Crippen LogP contribution in [0, 0.1) is 0 Å². The van der Waals surface area contributed by atoms with Gasteiger partial charge in [-0.3, -0.25) is 14.5 Å². The largest absolute Gasteiger partial charge is 0.494 e. The molecule has 7 nitrogen and oxygen atoms in total. The van der Waals surface area contributed by atoms with E-state index in [1.165, 1.54) is 38.5 Å². The molecule has 0 unspecified atom stereocenters. The number of carbonyl (C=O) groups excluding carboxylic acids is 2. The van der Waals surface area contributed by atoms with Crippen LogP contribution in [0.25, 0.3) is 43.1 Å². The second-order valence-corrected chi connectivity index (χ2v) is 19.5. The highest BCUT2D eigenvalue weighted by Crippen LogP contribution is 2.45. The summed E-state index contributed by atoms with van der Waals surface area (Å²) in [6, 6.07) is 16.8. The summed E-state index contributed by atoms with van der Waals surface area (Å²) in [5.41, 5.74) is 1.01. The predicted molar refractivity (Wildman–Crippen MR) is 240 cm³/mol. The van der Waals surface area contributed by atoms with E-state index in [2.05, 4.69) is 106 Å². The maximum Gasteiger partial charge on any atom is 0.494 e. The Hall–Kier alpha value is -3.49.